The highest BCUT2D eigenvalue weighted by Gasteiger charge is 2.43. The average molecular weight is 591 g/mol. The van der Waals surface area contributed by atoms with E-state index in [1.54, 1.807) is 31.3 Å². The number of fused-ring (bicyclic) bond motifs is 2. The standard InChI is InChI=1S/C32H32ClFN4O4/c1-32(23-9-8-21(33)14-24(23)34)41-28-7-3-6-22(30(28)42-32)20-10-12-37(13-11-20)18-29-36-25-15-26(31(39)40)35-16-27(25)38(29)17-19-4-2-5-19/h3,6-9,14-16,19-20H,2,4-5,10-13,17-18H2,1H3,(H,39,40)/t32-/m0/s1. The second kappa shape index (κ2) is 10.5. The summed E-state index contributed by atoms with van der Waals surface area (Å²) in [4.78, 5) is 23.0. The van der Waals surface area contributed by atoms with Gasteiger partial charge in [-0.15, -0.1) is 0 Å². The van der Waals surface area contributed by atoms with Gasteiger partial charge in [0.05, 0.1) is 29.3 Å². The number of carboxylic acid groups (broad SMARTS) is 1. The number of aromatic carboxylic acids is 1. The number of para-hydroxylation sites is 1. The predicted octanol–water partition coefficient (Wildman–Crippen LogP) is 6.75. The maximum atomic E-state index is 14.8. The molecule has 2 aliphatic heterocycles. The van der Waals surface area contributed by atoms with Crippen LogP contribution in [0.3, 0.4) is 0 Å². The molecule has 1 atom stereocenters. The third-order valence-corrected chi connectivity index (χ3v) is 9.26. The number of hydrogen-bond donors (Lipinski definition) is 1. The second-order valence-corrected chi connectivity index (χ2v) is 12.2. The summed E-state index contributed by atoms with van der Waals surface area (Å²) in [6.07, 6.45) is 7.19. The van der Waals surface area contributed by atoms with Crippen LogP contribution in [0.4, 0.5) is 4.39 Å². The summed E-state index contributed by atoms with van der Waals surface area (Å²) in [7, 11) is 0. The van der Waals surface area contributed by atoms with Crippen molar-refractivity contribution in [1.82, 2.24) is 19.4 Å². The van der Waals surface area contributed by atoms with E-state index in [2.05, 4.69) is 20.5 Å². The Morgan fingerprint density at radius 1 is 1.14 bits per heavy atom. The quantitative estimate of drug-likeness (QED) is 0.255. The van der Waals surface area contributed by atoms with E-state index >= 15 is 0 Å². The lowest BCUT2D eigenvalue weighted by Crippen LogP contribution is -2.34. The van der Waals surface area contributed by atoms with Crippen LogP contribution < -0.4 is 9.47 Å². The highest BCUT2D eigenvalue weighted by atomic mass is 35.5. The molecule has 4 aromatic rings. The fourth-order valence-corrected chi connectivity index (χ4v) is 6.65. The van der Waals surface area contributed by atoms with Gasteiger partial charge in [0.15, 0.2) is 11.5 Å². The Labute approximate surface area is 248 Å². The number of nitrogens with zero attached hydrogens (tertiary/aromatic N) is 4. The molecule has 1 aliphatic carbocycles. The van der Waals surface area contributed by atoms with Crippen molar-refractivity contribution in [2.45, 2.75) is 63.8 Å². The summed E-state index contributed by atoms with van der Waals surface area (Å²) >= 11 is 5.97. The normalized spacial score (nSPS) is 21.1. The average Bonchev–Trinajstić information content (AvgIpc) is 3.47. The zero-order valence-electron chi connectivity index (χ0n) is 23.4. The molecule has 10 heteroatoms. The molecule has 218 valence electrons. The van der Waals surface area contributed by atoms with Crippen molar-refractivity contribution < 1.29 is 23.8 Å². The fourth-order valence-electron chi connectivity index (χ4n) is 6.49. The molecule has 3 aliphatic rings. The first kappa shape index (κ1) is 27.2. The smallest absolute Gasteiger partial charge is 0.354 e. The van der Waals surface area contributed by atoms with Gasteiger partial charge >= 0.3 is 5.97 Å². The first-order valence-corrected chi connectivity index (χ1v) is 14.9. The minimum Gasteiger partial charge on any atom is -0.477 e. The Bertz CT molecular complexity index is 1680. The molecule has 4 heterocycles. The molecule has 0 amide bonds. The third-order valence-electron chi connectivity index (χ3n) is 9.02. The maximum absolute atomic E-state index is 14.8. The Hall–Kier alpha value is -3.69. The topological polar surface area (TPSA) is 89.7 Å². The largest absolute Gasteiger partial charge is 0.477 e. The van der Waals surface area contributed by atoms with Crippen molar-refractivity contribution in [1.29, 1.82) is 0 Å². The van der Waals surface area contributed by atoms with E-state index in [9.17, 15) is 14.3 Å². The molecule has 1 N–H and O–H groups in total. The molecule has 0 spiro atoms. The number of likely N-dealkylation sites (tertiary alicyclic amines) is 1. The van der Waals surface area contributed by atoms with Crippen molar-refractivity contribution >= 4 is 28.6 Å². The van der Waals surface area contributed by atoms with Crippen LogP contribution in [0.2, 0.25) is 5.02 Å². The van der Waals surface area contributed by atoms with Crippen molar-refractivity contribution in [3.8, 4) is 11.5 Å². The highest BCUT2D eigenvalue weighted by molar-refractivity contribution is 6.30. The van der Waals surface area contributed by atoms with Gasteiger partial charge in [-0.2, -0.15) is 0 Å². The van der Waals surface area contributed by atoms with Crippen LogP contribution in [0, 0.1) is 11.7 Å². The molecular weight excluding hydrogens is 559 g/mol. The third kappa shape index (κ3) is 4.88. The van der Waals surface area contributed by atoms with E-state index in [1.807, 2.05) is 12.1 Å². The van der Waals surface area contributed by atoms with Gasteiger partial charge in [0.2, 0.25) is 0 Å². The number of piperidine rings is 1. The lowest BCUT2D eigenvalue weighted by molar-refractivity contribution is -0.0712. The summed E-state index contributed by atoms with van der Waals surface area (Å²) in [5, 5.41) is 9.74. The number of aromatic nitrogens is 3. The molecule has 2 aromatic heterocycles. The van der Waals surface area contributed by atoms with Crippen LogP contribution in [0.25, 0.3) is 11.0 Å². The molecule has 2 fully saturated rings. The monoisotopic (exact) mass is 590 g/mol. The van der Waals surface area contributed by atoms with E-state index in [0.717, 1.165) is 49.4 Å². The zero-order chi connectivity index (χ0) is 29.0. The number of ether oxygens (including phenoxy) is 2. The first-order chi connectivity index (χ1) is 20.3. The lowest BCUT2D eigenvalue weighted by Gasteiger charge is -2.33. The van der Waals surface area contributed by atoms with Gasteiger partial charge in [0, 0.05) is 24.1 Å². The Balaban J connectivity index is 1.08. The highest BCUT2D eigenvalue weighted by Crippen LogP contribution is 2.50. The fraction of sp³-hybridized carbons (Fsp3) is 0.406. The van der Waals surface area contributed by atoms with Crippen LogP contribution in [-0.4, -0.2) is 43.6 Å². The molecule has 8 nitrogen and oxygen atoms in total. The van der Waals surface area contributed by atoms with E-state index in [0.29, 0.717) is 40.1 Å². The van der Waals surface area contributed by atoms with Crippen molar-refractivity contribution in [3.05, 3.63) is 82.1 Å². The van der Waals surface area contributed by atoms with Crippen LogP contribution in [-0.2, 0) is 18.9 Å². The molecule has 0 unspecified atom stereocenters. The number of imidazole rings is 1. The predicted molar refractivity (Wildman–Crippen MR) is 156 cm³/mol. The number of pyridine rings is 1. The molecule has 1 saturated carbocycles. The number of carbonyl (C=O) groups is 1. The second-order valence-electron chi connectivity index (χ2n) is 11.8. The van der Waals surface area contributed by atoms with E-state index in [-0.39, 0.29) is 11.6 Å². The zero-order valence-corrected chi connectivity index (χ0v) is 24.1. The van der Waals surface area contributed by atoms with Gasteiger partial charge in [0.25, 0.3) is 5.79 Å². The van der Waals surface area contributed by atoms with Gasteiger partial charge in [-0.25, -0.2) is 19.2 Å². The number of halogens is 2. The minimum atomic E-state index is -1.28. The molecular formula is C32H32ClFN4O4. The SMILES string of the molecule is C[C@]1(c2ccc(Cl)cc2F)Oc2cccc(C3CCN(Cc4nc5cc(C(=O)O)ncc5n4CC4CCC4)CC3)c2O1. The Morgan fingerprint density at radius 2 is 1.95 bits per heavy atom. The molecule has 2 aromatic carbocycles. The maximum Gasteiger partial charge on any atom is 0.354 e. The molecule has 0 radical (unpaired) electrons. The van der Waals surface area contributed by atoms with Crippen molar-refractivity contribution in [3.63, 3.8) is 0 Å². The lowest BCUT2D eigenvalue weighted by atomic mass is 9.85. The number of rotatable bonds is 7. The summed E-state index contributed by atoms with van der Waals surface area (Å²) in [6, 6.07) is 12.0. The van der Waals surface area contributed by atoms with Gasteiger partial charge in [-0.3, -0.25) is 4.90 Å². The van der Waals surface area contributed by atoms with Crippen molar-refractivity contribution in [2.75, 3.05) is 13.1 Å². The molecule has 7 rings (SSSR count). The summed E-state index contributed by atoms with van der Waals surface area (Å²) in [5.74, 6) is 0.359. The molecule has 42 heavy (non-hydrogen) atoms. The van der Waals surface area contributed by atoms with Crippen LogP contribution >= 0.6 is 11.6 Å². The minimum absolute atomic E-state index is 0.0136. The first-order valence-electron chi connectivity index (χ1n) is 14.5. The number of hydrogen-bond acceptors (Lipinski definition) is 6. The molecule has 0 bridgehead atoms. The van der Waals surface area contributed by atoms with Gasteiger partial charge < -0.3 is 19.1 Å². The van der Waals surface area contributed by atoms with E-state index in [1.165, 1.54) is 25.3 Å². The summed E-state index contributed by atoms with van der Waals surface area (Å²) < 4.78 is 29.6. The van der Waals surface area contributed by atoms with E-state index < -0.39 is 17.6 Å². The number of carboxylic acids is 1. The van der Waals surface area contributed by atoms with Gasteiger partial charge in [-0.05, 0) is 80.9 Å². The van der Waals surface area contributed by atoms with Gasteiger partial charge in [-0.1, -0.05) is 30.2 Å². The number of benzene rings is 2. The van der Waals surface area contributed by atoms with Crippen LogP contribution in [0.15, 0.2) is 48.7 Å². The Kier molecular flexibility index (Phi) is 6.82. The van der Waals surface area contributed by atoms with Crippen LogP contribution in [0.5, 0.6) is 11.5 Å². The van der Waals surface area contributed by atoms with Crippen LogP contribution in [0.1, 0.15) is 72.4 Å². The van der Waals surface area contributed by atoms with Crippen molar-refractivity contribution in [2.24, 2.45) is 5.92 Å². The van der Waals surface area contributed by atoms with E-state index in [4.69, 9.17) is 26.1 Å². The summed E-state index contributed by atoms with van der Waals surface area (Å²) in [5.41, 5.74) is 2.98. The summed E-state index contributed by atoms with van der Waals surface area (Å²) in [6.45, 7) is 5.07. The molecule has 1 saturated heterocycles. The Morgan fingerprint density at radius 3 is 2.67 bits per heavy atom. The van der Waals surface area contributed by atoms with Gasteiger partial charge in [0.1, 0.15) is 17.3 Å².